The van der Waals surface area contributed by atoms with E-state index in [2.05, 4.69) is 6.08 Å². The van der Waals surface area contributed by atoms with Gasteiger partial charge in [0.15, 0.2) is 0 Å². The minimum absolute atomic E-state index is 0.0231. The summed E-state index contributed by atoms with van der Waals surface area (Å²) in [4.78, 5) is 0. The van der Waals surface area contributed by atoms with E-state index in [1.54, 1.807) is 7.11 Å². The average Bonchev–Trinajstić information content (AvgIpc) is 2.05. The van der Waals surface area contributed by atoms with Gasteiger partial charge in [0.1, 0.15) is 0 Å². The zero-order valence-electron chi connectivity index (χ0n) is 7.21. The molecular weight excluding hydrogens is 140 g/mol. The Morgan fingerprint density at radius 3 is 2.91 bits per heavy atom. The predicted octanol–water partition coefficient (Wildman–Crippen LogP) is 1.49. The van der Waals surface area contributed by atoms with Crippen molar-refractivity contribution >= 4 is 0 Å². The lowest BCUT2D eigenvalue weighted by molar-refractivity contribution is -0.0246. The highest BCUT2D eigenvalue weighted by atomic mass is 16.5. The van der Waals surface area contributed by atoms with Crippen LogP contribution in [0.5, 0.6) is 0 Å². The third-order valence-electron chi connectivity index (χ3n) is 2.36. The molecule has 2 heteroatoms. The molecule has 1 aliphatic rings. The van der Waals surface area contributed by atoms with Crippen LogP contribution in [0.25, 0.3) is 0 Å². The van der Waals surface area contributed by atoms with Crippen LogP contribution in [0, 0.1) is 0 Å². The van der Waals surface area contributed by atoms with Crippen LogP contribution in [-0.4, -0.2) is 24.4 Å². The van der Waals surface area contributed by atoms with Gasteiger partial charge in [-0.3, -0.25) is 0 Å². The number of aliphatic hydroxyl groups excluding tert-OH is 1. The highest BCUT2D eigenvalue weighted by Gasteiger charge is 2.24. The molecule has 1 saturated carbocycles. The summed E-state index contributed by atoms with van der Waals surface area (Å²) in [5, 5.41) is 9.43. The van der Waals surface area contributed by atoms with E-state index in [1.807, 2.05) is 6.92 Å². The van der Waals surface area contributed by atoms with E-state index < -0.39 is 0 Å². The molecule has 0 saturated heterocycles. The Balaban J connectivity index is 2.51. The van der Waals surface area contributed by atoms with Gasteiger partial charge in [0.2, 0.25) is 0 Å². The zero-order chi connectivity index (χ0) is 8.27. The molecule has 2 atom stereocenters. The fourth-order valence-corrected chi connectivity index (χ4v) is 1.52. The topological polar surface area (TPSA) is 29.5 Å². The highest BCUT2D eigenvalue weighted by Crippen LogP contribution is 2.25. The molecule has 0 bridgehead atoms. The Morgan fingerprint density at radius 2 is 2.36 bits per heavy atom. The van der Waals surface area contributed by atoms with Crippen LogP contribution in [-0.2, 0) is 4.74 Å². The Kier molecular flexibility index (Phi) is 3.09. The van der Waals surface area contributed by atoms with Crippen molar-refractivity contribution in [3.05, 3.63) is 11.6 Å². The van der Waals surface area contributed by atoms with Gasteiger partial charge in [0.05, 0.1) is 12.2 Å². The van der Waals surface area contributed by atoms with E-state index in [1.165, 1.54) is 5.57 Å². The highest BCUT2D eigenvalue weighted by molar-refractivity contribution is 5.06. The maximum Gasteiger partial charge on any atom is 0.0867 e. The summed E-state index contributed by atoms with van der Waals surface area (Å²) in [6.07, 6.45) is 4.65. The molecule has 0 amide bonds. The first kappa shape index (κ1) is 8.75. The Bertz CT molecular complexity index is 152. The Hall–Kier alpha value is -0.340. The van der Waals surface area contributed by atoms with Gasteiger partial charge in [0, 0.05) is 7.11 Å². The van der Waals surface area contributed by atoms with Crippen molar-refractivity contribution in [1.29, 1.82) is 0 Å². The van der Waals surface area contributed by atoms with Crippen molar-refractivity contribution in [2.75, 3.05) is 7.11 Å². The monoisotopic (exact) mass is 156 g/mol. The van der Waals surface area contributed by atoms with Crippen LogP contribution in [0.3, 0.4) is 0 Å². The lowest BCUT2D eigenvalue weighted by Gasteiger charge is -2.28. The summed E-state index contributed by atoms with van der Waals surface area (Å²) < 4.78 is 5.14. The molecule has 0 spiro atoms. The van der Waals surface area contributed by atoms with Crippen LogP contribution in [0.1, 0.15) is 26.2 Å². The molecule has 0 aromatic rings. The Labute approximate surface area is 67.9 Å². The molecule has 0 aromatic carbocycles. The summed E-state index contributed by atoms with van der Waals surface area (Å²) in [6.45, 7) is 2.04. The number of hydrogen-bond donors (Lipinski definition) is 1. The van der Waals surface area contributed by atoms with E-state index in [4.69, 9.17) is 4.74 Å². The van der Waals surface area contributed by atoms with Crippen molar-refractivity contribution in [2.24, 2.45) is 0 Å². The van der Waals surface area contributed by atoms with Crippen molar-refractivity contribution in [2.45, 2.75) is 38.4 Å². The van der Waals surface area contributed by atoms with Crippen LogP contribution in [0.15, 0.2) is 11.6 Å². The van der Waals surface area contributed by atoms with Crippen LogP contribution >= 0.6 is 0 Å². The molecule has 1 N–H and O–H groups in total. The van der Waals surface area contributed by atoms with Gasteiger partial charge in [-0.2, -0.15) is 0 Å². The molecule has 0 heterocycles. The van der Waals surface area contributed by atoms with Gasteiger partial charge < -0.3 is 9.84 Å². The third-order valence-corrected chi connectivity index (χ3v) is 2.36. The molecule has 1 aliphatic carbocycles. The maximum atomic E-state index is 9.43. The minimum atomic E-state index is -0.260. The predicted molar refractivity (Wildman–Crippen MR) is 44.4 cm³/mol. The second-order valence-electron chi connectivity index (χ2n) is 3.03. The van der Waals surface area contributed by atoms with Crippen LogP contribution in [0.4, 0.5) is 0 Å². The summed E-state index contributed by atoms with van der Waals surface area (Å²) in [5.41, 5.74) is 1.40. The SMILES string of the molecule is C/C=C1/CCC(O)C(OC)C1. The summed E-state index contributed by atoms with van der Waals surface area (Å²) in [5.74, 6) is 0. The second kappa shape index (κ2) is 3.88. The summed E-state index contributed by atoms with van der Waals surface area (Å²) in [7, 11) is 1.66. The van der Waals surface area contributed by atoms with Gasteiger partial charge in [-0.1, -0.05) is 11.6 Å². The minimum Gasteiger partial charge on any atom is -0.390 e. The van der Waals surface area contributed by atoms with Gasteiger partial charge in [0.25, 0.3) is 0 Å². The van der Waals surface area contributed by atoms with E-state index in [0.717, 1.165) is 19.3 Å². The maximum absolute atomic E-state index is 9.43. The largest absolute Gasteiger partial charge is 0.390 e. The Morgan fingerprint density at radius 1 is 1.64 bits per heavy atom. The molecule has 11 heavy (non-hydrogen) atoms. The fourth-order valence-electron chi connectivity index (χ4n) is 1.52. The van der Waals surface area contributed by atoms with Crippen LogP contribution < -0.4 is 0 Å². The summed E-state index contributed by atoms with van der Waals surface area (Å²) >= 11 is 0. The van der Waals surface area contributed by atoms with E-state index in [0.29, 0.717) is 0 Å². The first-order chi connectivity index (χ1) is 5.27. The number of allylic oxidation sites excluding steroid dienone is 1. The number of aliphatic hydroxyl groups is 1. The summed E-state index contributed by atoms with van der Waals surface area (Å²) in [6, 6.07) is 0. The van der Waals surface area contributed by atoms with Gasteiger partial charge in [-0.15, -0.1) is 0 Å². The molecule has 0 aliphatic heterocycles. The van der Waals surface area contributed by atoms with Gasteiger partial charge in [-0.25, -0.2) is 0 Å². The molecule has 2 nitrogen and oxygen atoms in total. The van der Waals surface area contributed by atoms with E-state index in [9.17, 15) is 5.11 Å². The smallest absolute Gasteiger partial charge is 0.0867 e. The molecule has 2 unspecified atom stereocenters. The molecule has 0 aromatic heterocycles. The van der Waals surface area contributed by atoms with Crippen molar-refractivity contribution in [3.63, 3.8) is 0 Å². The zero-order valence-corrected chi connectivity index (χ0v) is 7.21. The van der Waals surface area contributed by atoms with E-state index >= 15 is 0 Å². The molecular formula is C9H16O2. The number of methoxy groups -OCH3 is 1. The van der Waals surface area contributed by atoms with Gasteiger partial charge >= 0.3 is 0 Å². The van der Waals surface area contributed by atoms with Gasteiger partial charge in [-0.05, 0) is 26.2 Å². The van der Waals surface area contributed by atoms with E-state index in [-0.39, 0.29) is 12.2 Å². The second-order valence-corrected chi connectivity index (χ2v) is 3.03. The van der Waals surface area contributed by atoms with Crippen molar-refractivity contribution < 1.29 is 9.84 Å². The molecule has 1 fully saturated rings. The lowest BCUT2D eigenvalue weighted by atomic mass is 9.90. The fraction of sp³-hybridized carbons (Fsp3) is 0.778. The van der Waals surface area contributed by atoms with Crippen molar-refractivity contribution in [1.82, 2.24) is 0 Å². The number of hydrogen-bond acceptors (Lipinski definition) is 2. The lowest BCUT2D eigenvalue weighted by Crippen LogP contribution is -2.32. The van der Waals surface area contributed by atoms with Crippen LogP contribution in [0.2, 0.25) is 0 Å². The molecule has 1 rings (SSSR count). The number of rotatable bonds is 1. The molecule has 64 valence electrons. The first-order valence-corrected chi connectivity index (χ1v) is 4.13. The normalized spacial score (nSPS) is 36.1. The average molecular weight is 156 g/mol. The molecule has 0 radical (unpaired) electrons. The first-order valence-electron chi connectivity index (χ1n) is 4.13. The number of ether oxygens (including phenoxy) is 1. The standard InChI is InChI=1S/C9H16O2/c1-3-7-4-5-8(10)9(6-7)11-2/h3,8-10H,4-6H2,1-2H3/b7-3-. The van der Waals surface area contributed by atoms with Crippen molar-refractivity contribution in [3.8, 4) is 0 Å². The quantitative estimate of drug-likeness (QED) is 0.583. The third kappa shape index (κ3) is 2.04.